The Morgan fingerprint density at radius 2 is 1.96 bits per heavy atom. The van der Waals surface area contributed by atoms with Crippen molar-refractivity contribution in [1.82, 2.24) is 4.31 Å². The summed E-state index contributed by atoms with van der Waals surface area (Å²) in [5.74, 6) is 1.41. The molecule has 1 aromatic rings. The fourth-order valence-electron chi connectivity index (χ4n) is 3.12. The van der Waals surface area contributed by atoms with Crippen LogP contribution in [0, 0.1) is 6.92 Å². The van der Waals surface area contributed by atoms with E-state index >= 15 is 0 Å². The van der Waals surface area contributed by atoms with E-state index in [0.29, 0.717) is 13.0 Å². The van der Waals surface area contributed by atoms with E-state index in [-0.39, 0.29) is 11.0 Å². The molecule has 3 rings (SSSR count). The molecule has 0 radical (unpaired) electrons. The van der Waals surface area contributed by atoms with E-state index in [2.05, 4.69) is 0 Å². The van der Waals surface area contributed by atoms with Gasteiger partial charge in [0.25, 0.3) is 0 Å². The van der Waals surface area contributed by atoms with Crippen LogP contribution in [0.2, 0.25) is 0 Å². The van der Waals surface area contributed by atoms with Gasteiger partial charge in [-0.1, -0.05) is 17.7 Å². The minimum absolute atomic E-state index is 0.0756. The van der Waals surface area contributed by atoms with Crippen molar-refractivity contribution >= 4 is 27.8 Å². The number of aryl methyl sites for hydroxylation is 1. The standard InChI is InChI=1S/C17H23NO4S2/c1-13-5-7-15(8-6-13)24(20,21)18-10-3-2-4-16(18)17(19)22-14-9-11-23-12-14/h5-8,14,16H,2-4,9-12H2,1H3. The number of benzene rings is 1. The lowest BCUT2D eigenvalue weighted by atomic mass is 10.1. The van der Waals surface area contributed by atoms with Crippen molar-refractivity contribution in [2.24, 2.45) is 0 Å². The Morgan fingerprint density at radius 1 is 1.21 bits per heavy atom. The van der Waals surface area contributed by atoms with E-state index in [4.69, 9.17) is 4.74 Å². The molecule has 0 bridgehead atoms. The van der Waals surface area contributed by atoms with Crippen LogP contribution in [0.3, 0.4) is 0 Å². The molecule has 1 aromatic carbocycles. The average Bonchev–Trinajstić information content (AvgIpc) is 3.08. The average molecular weight is 370 g/mol. The summed E-state index contributed by atoms with van der Waals surface area (Å²) >= 11 is 1.77. The lowest BCUT2D eigenvalue weighted by Gasteiger charge is -2.33. The SMILES string of the molecule is Cc1ccc(S(=O)(=O)N2CCCCC2C(=O)OC2CCSC2)cc1. The molecule has 0 aliphatic carbocycles. The molecule has 2 fully saturated rings. The first-order valence-corrected chi connectivity index (χ1v) is 10.9. The van der Waals surface area contributed by atoms with Crippen LogP contribution in [-0.2, 0) is 19.6 Å². The summed E-state index contributed by atoms with van der Waals surface area (Å²) in [6, 6.07) is 6.07. The van der Waals surface area contributed by atoms with E-state index in [9.17, 15) is 13.2 Å². The molecule has 0 spiro atoms. The molecule has 7 heteroatoms. The van der Waals surface area contributed by atoms with Gasteiger partial charge in [-0.25, -0.2) is 8.42 Å². The van der Waals surface area contributed by atoms with Crippen molar-refractivity contribution in [2.45, 2.75) is 49.6 Å². The Morgan fingerprint density at radius 3 is 2.62 bits per heavy atom. The highest BCUT2D eigenvalue weighted by molar-refractivity contribution is 7.99. The number of rotatable bonds is 4. The summed E-state index contributed by atoms with van der Waals surface area (Å²) in [6.45, 7) is 2.28. The number of carbonyl (C=O) groups is 1. The number of thioether (sulfide) groups is 1. The zero-order valence-corrected chi connectivity index (χ0v) is 15.4. The Hall–Kier alpha value is -1.05. The predicted octanol–water partition coefficient (Wildman–Crippen LogP) is 2.59. The molecule has 2 saturated heterocycles. The Labute approximate surface area is 147 Å². The van der Waals surface area contributed by atoms with Gasteiger partial charge in [0.05, 0.1) is 4.90 Å². The molecule has 5 nitrogen and oxygen atoms in total. The first-order valence-electron chi connectivity index (χ1n) is 8.35. The Bertz CT molecular complexity index is 681. The quantitative estimate of drug-likeness (QED) is 0.764. The van der Waals surface area contributed by atoms with Gasteiger partial charge in [0, 0.05) is 12.3 Å². The number of hydrogen-bond donors (Lipinski definition) is 0. The number of esters is 1. The molecule has 2 heterocycles. The number of ether oxygens (including phenoxy) is 1. The molecular weight excluding hydrogens is 346 g/mol. The van der Waals surface area contributed by atoms with Crippen molar-refractivity contribution in [3.63, 3.8) is 0 Å². The molecule has 132 valence electrons. The molecular formula is C17H23NO4S2. The van der Waals surface area contributed by atoms with Gasteiger partial charge in [0.15, 0.2) is 0 Å². The van der Waals surface area contributed by atoms with Crippen molar-refractivity contribution in [3.8, 4) is 0 Å². The molecule has 0 aromatic heterocycles. The normalized spacial score (nSPS) is 25.5. The molecule has 2 aliphatic heterocycles. The highest BCUT2D eigenvalue weighted by Gasteiger charge is 2.39. The third-order valence-electron chi connectivity index (χ3n) is 4.52. The maximum Gasteiger partial charge on any atom is 0.324 e. The molecule has 2 atom stereocenters. The van der Waals surface area contributed by atoms with Gasteiger partial charge in [-0.15, -0.1) is 0 Å². The molecule has 2 aliphatic rings. The summed E-state index contributed by atoms with van der Waals surface area (Å²) < 4.78 is 32.8. The monoisotopic (exact) mass is 369 g/mol. The second-order valence-electron chi connectivity index (χ2n) is 6.36. The second kappa shape index (κ2) is 7.45. The van der Waals surface area contributed by atoms with Crippen LogP contribution in [0.15, 0.2) is 29.2 Å². The van der Waals surface area contributed by atoms with Crippen LogP contribution in [0.25, 0.3) is 0 Å². The highest BCUT2D eigenvalue weighted by Crippen LogP contribution is 2.28. The summed E-state index contributed by atoms with van der Waals surface area (Å²) in [4.78, 5) is 12.8. The number of hydrogen-bond acceptors (Lipinski definition) is 5. The van der Waals surface area contributed by atoms with Crippen LogP contribution in [0.1, 0.15) is 31.2 Å². The van der Waals surface area contributed by atoms with Crippen LogP contribution in [0.4, 0.5) is 0 Å². The smallest absolute Gasteiger partial charge is 0.324 e. The molecule has 0 saturated carbocycles. The largest absolute Gasteiger partial charge is 0.460 e. The van der Waals surface area contributed by atoms with E-state index in [1.807, 2.05) is 6.92 Å². The van der Waals surface area contributed by atoms with Crippen molar-refractivity contribution in [2.75, 3.05) is 18.1 Å². The summed E-state index contributed by atoms with van der Waals surface area (Å²) in [5.41, 5.74) is 1.00. The molecule has 2 unspecified atom stereocenters. The van der Waals surface area contributed by atoms with Gasteiger partial charge in [0.1, 0.15) is 12.1 Å². The van der Waals surface area contributed by atoms with E-state index in [1.165, 1.54) is 4.31 Å². The van der Waals surface area contributed by atoms with E-state index < -0.39 is 22.0 Å². The number of sulfonamides is 1. The fraction of sp³-hybridized carbons (Fsp3) is 0.588. The van der Waals surface area contributed by atoms with Gasteiger partial charge in [0.2, 0.25) is 10.0 Å². The summed E-state index contributed by atoms with van der Waals surface area (Å²) in [5, 5.41) is 0. The van der Waals surface area contributed by atoms with Crippen molar-refractivity contribution < 1.29 is 17.9 Å². The summed E-state index contributed by atoms with van der Waals surface area (Å²) in [7, 11) is -3.68. The van der Waals surface area contributed by atoms with Crippen LogP contribution in [-0.4, -0.2) is 48.9 Å². The van der Waals surface area contributed by atoms with Crippen LogP contribution in [0.5, 0.6) is 0 Å². The minimum atomic E-state index is -3.68. The fourth-order valence-corrected chi connectivity index (χ4v) is 5.86. The first kappa shape index (κ1) is 17.8. The van der Waals surface area contributed by atoms with E-state index in [0.717, 1.165) is 36.3 Å². The van der Waals surface area contributed by atoms with Crippen LogP contribution < -0.4 is 0 Å². The maximum absolute atomic E-state index is 13.0. The number of carbonyl (C=O) groups excluding carboxylic acids is 1. The van der Waals surface area contributed by atoms with Crippen molar-refractivity contribution in [1.29, 1.82) is 0 Å². The zero-order valence-electron chi connectivity index (χ0n) is 13.8. The molecule has 24 heavy (non-hydrogen) atoms. The Balaban J connectivity index is 1.80. The van der Waals surface area contributed by atoms with Gasteiger partial charge in [-0.05, 0) is 50.5 Å². The predicted molar refractivity (Wildman–Crippen MR) is 94.5 cm³/mol. The zero-order chi connectivity index (χ0) is 17.2. The van der Waals surface area contributed by atoms with Gasteiger partial charge in [-0.2, -0.15) is 16.1 Å². The Kier molecular flexibility index (Phi) is 5.52. The van der Waals surface area contributed by atoms with E-state index in [1.54, 1.807) is 36.0 Å². The number of nitrogens with zero attached hydrogens (tertiary/aromatic N) is 1. The topological polar surface area (TPSA) is 63.7 Å². The summed E-state index contributed by atoms with van der Waals surface area (Å²) in [6.07, 6.45) is 2.93. The lowest BCUT2D eigenvalue weighted by molar-refractivity contribution is -0.153. The maximum atomic E-state index is 13.0. The van der Waals surface area contributed by atoms with Crippen LogP contribution >= 0.6 is 11.8 Å². The van der Waals surface area contributed by atoms with Gasteiger partial charge >= 0.3 is 5.97 Å². The third-order valence-corrected chi connectivity index (χ3v) is 7.58. The molecule has 0 amide bonds. The lowest BCUT2D eigenvalue weighted by Crippen LogP contribution is -2.49. The second-order valence-corrected chi connectivity index (χ2v) is 9.40. The first-order chi connectivity index (χ1) is 11.5. The van der Waals surface area contributed by atoms with Crippen molar-refractivity contribution in [3.05, 3.63) is 29.8 Å². The highest BCUT2D eigenvalue weighted by atomic mass is 32.2. The molecule has 0 N–H and O–H groups in total. The third kappa shape index (κ3) is 3.78. The minimum Gasteiger partial charge on any atom is -0.460 e. The van der Waals surface area contributed by atoms with Gasteiger partial charge < -0.3 is 4.74 Å². The number of piperidine rings is 1. The van der Waals surface area contributed by atoms with Gasteiger partial charge in [-0.3, -0.25) is 4.79 Å².